The summed E-state index contributed by atoms with van der Waals surface area (Å²) in [6, 6.07) is 20.7. The average molecular weight is 410 g/mol. The molecule has 0 bridgehead atoms. The number of sulfone groups is 1. The predicted molar refractivity (Wildman–Crippen MR) is 115 cm³/mol. The first kappa shape index (κ1) is 20.6. The Labute approximate surface area is 171 Å². The van der Waals surface area contributed by atoms with Crippen molar-refractivity contribution < 1.29 is 18.3 Å². The van der Waals surface area contributed by atoms with Gasteiger partial charge >= 0.3 is 5.97 Å². The van der Waals surface area contributed by atoms with E-state index in [9.17, 15) is 13.2 Å². The third-order valence-electron chi connectivity index (χ3n) is 4.87. The van der Waals surface area contributed by atoms with E-state index >= 15 is 0 Å². The zero-order valence-electron chi connectivity index (χ0n) is 16.3. The minimum atomic E-state index is -3.81. The van der Waals surface area contributed by atoms with Crippen LogP contribution in [0, 0.1) is 13.8 Å². The number of hydrogen-bond acceptors (Lipinski definition) is 4. The fraction of sp³-hybridized carbons (Fsp3) is 0.174. The Morgan fingerprint density at radius 1 is 0.966 bits per heavy atom. The van der Waals surface area contributed by atoms with Gasteiger partial charge in [-0.05, 0) is 72.0 Å². The number of carbonyl (C=O) groups is 1. The lowest BCUT2D eigenvalue weighted by molar-refractivity contribution is -0.134. The molecule has 5 nitrogen and oxygen atoms in total. The average Bonchev–Trinajstić information content (AvgIpc) is 2.68. The van der Waals surface area contributed by atoms with Gasteiger partial charge in [-0.2, -0.15) is 0 Å². The Hall–Kier alpha value is -3.12. The van der Waals surface area contributed by atoms with Crippen LogP contribution in [-0.4, -0.2) is 25.2 Å². The van der Waals surface area contributed by atoms with E-state index in [1.54, 1.807) is 12.1 Å². The molecule has 3 rings (SSSR count). The van der Waals surface area contributed by atoms with Crippen molar-refractivity contribution in [1.82, 2.24) is 0 Å². The largest absolute Gasteiger partial charge is 0.480 e. The van der Waals surface area contributed by atoms with Gasteiger partial charge in [0.05, 0.1) is 4.90 Å². The van der Waals surface area contributed by atoms with Crippen LogP contribution in [0.4, 0.5) is 5.69 Å². The minimum absolute atomic E-state index is 0.00219. The van der Waals surface area contributed by atoms with Crippen LogP contribution in [0.2, 0.25) is 0 Å². The number of aliphatic carboxylic acids is 1. The molecule has 0 amide bonds. The number of benzene rings is 3. The molecule has 0 aliphatic carbocycles. The van der Waals surface area contributed by atoms with Gasteiger partial charge in [-0.3, -0.25) is 4.79 Å². The van der Waals surface area contributed by atoms with Crippen LogP contribution in [0.15, 0.2) is 71.6 Å². The molecule has 3 aromatic carbocycles. The summed E-state index contributed by atoms with van der Waals surface area (Å²) in [7, 11) is -3.81. The molecule has 0 aromatic heterocycles. The number of carboxylic acids is 1. The van der Waals surface area contributed by atoms with E-state index in [-0.39, 0.29) is 4.90 Å². The second-order valence-electron chi connectivity index (χ2n) is 6.98. The van der Waals surface area contributed by atoms with E-state index in [1.807, 2.05) is 12.1 Å². The van der Waals surface area contributed by atoms with Gasteiger partial charge in [0.25, 0.3) is 0 Å². The molecule has 0 saturated heterocycles. The molecular weight excluding hydrogens is 386 g/mol. The maximum atomic E-state index is 12.0. The summed E-state index contributed by atoms with van der Waals surface area (Å²) in [5, 5.41) is 12.0. The van der Waals surface area contributed by atoms with Crippen LogP contribution < -0.4 is 5.32 Å². The van der Waals surface area contributed by atoms with E-state index in [2.05, 4.69) is 49.5 Å². The van der Waals surface area contributed by atoms with Crippen molar-refractivity contribution in [2.24, 2.45) is 0 Å². The molecule has 0 fully saturated rings. The molecule has 2 N–H and O–H groups in total. The van der Waals surface area contributed by atoms with Gasteiger partial charge in [-0.25, -0.2) is 8.42 Å². The van der Waals surface area contributed by atoms with Gasteiger partial charge < -0.3 is 10.4 Å². The summed E-state index contributed by atoms with van der Waals surface area (Å²) in [5.41, 5.74) is 6.74. The second kappa shape index (κ2) is 8.49. The summed E-state index contributed by atoms with van der Waals surface area (Å²) in [5.74, 6) is -2.28. The maximum Gasteiger partial charge on any atom is 0.319 e. The van der Waals surface area contributed by atoms with Crippen LogP contribution >= 0.6 is 0 Å². The van der Waals surface area contributed by atoms with Crippen molar-refractivity contribution in [3.05, 3.63) is 83.4 Å². The molecule has 3 aromatic rings. The van der Waals surface area contributed by atoms with Gasteiger partial charge in [0.1, 0.15) is 0 Å². The highest BCUT2D eigenvalue weighted by atomic mass is 32.2. The van der Waals surface area contributed by atoms with Crippen molar-refractivity contribution in [1.29, 1.82) is 0 Å². The Bertz CT molecular complexity index is 1140. The first-order valence-electron chi connectivity index (χ1n) is 9.20. The number of hydrogen-bond donors (Lipinski definition) is 2. The Kier molecular flexibility index (Phi) is 6.03. The van der Waals surface area contributed by atoms with E-state index in [4.69, 9.17) is 5.11 Å². The smallest absolute Gasteiger partial charge is 0.319 e. The van der Waals surface area contributed by atoms with Crippen LogP contribution in [0.25, 0.3) is 11.1 Å². The maximum absolute atomic E-state index is 12.0. The highest BCUT2D eigenvalue weighted by Gasteiger charge is 2.18. The number of carboxylic acid groups (broad SMARTS) is 1. The first-order chi connectivity index (χ1) is 13.8. The monoisotopic (exact) mass is 409 g/mol. The fourth-order valence-electron chi connectivity index (χ4n) is 3.14. The highest BCUT2D eigenvalue weighted by Crippen LogP contribution is 2.26. The molecule has 0 saturated carbocycles. The summed E-state index contributed by atoms with van der Waals surface area (Å²) in [6.07, 6.45) is 0. The van der Waals surface area contributed by atoms with E-state index in [1.165, 1.54) is 28.8 Å². The van der Waals surface area contributed by atoms with Crippen molar-refractivity contribution in [3.8, 4) is 11.1 Å². The summed E-state index contributed by atoms with van der Waals surface area (Å²) < 4.78 is 23.9. The molecule has 150 valence electrons. The molecule has 0 aliphatic rings. The lowest BCUT2D eigenvalue weighted by atomic mass is 9.96. The minimum Gasteiger partial charge on any atom is -0.480 e. The molecule has 0 spiro atoms. The topological polar surface area (TPSA) is 83.5 Å². The van der Waals surface area contributed by atoms with Crippen LogP contribution in [0.3, 0.4) is 0 Å². The van der Waals surface area contributed by atoms with Gasteiger partial charge in [0, 0.05) is 12.2 Å². The van der Waals surface area contributed by atoms with E-state index < -0.39 is 21.6 Å². The normalized spacial score (nSPS) is 11.2. The van der Waals surface area contributed by atoms with Crippen molar-refractivity contribution in [3.63, 3.8) is 0 Å². The van der Waals surface area contributed by atoms with Crippen LogP contribution in [0.5, 0.6) is 0 Å². The zero-order chi connectivity index (χ0) is 21.0. The van der Waals surface area contributed by atoms with Crippen LogP contribution in [0.1, 0.15) is 16.7 Å². The van der Waals surface area contributed by atoms with Crippen molar-refractivity contribution in [2.75, 3.05) is 11.1 Å². The highest BCUT2D eigenvalue weighted by molar-refractivity contribution is 7.92. The number of anilines is 1. The number of rotatable bonds is 7. The second-order valence-corrected chi connectivity index (χ2v) is 8.97. The third kappa shape index (κ3) is 5.03. The molecule has 29 heavy (non-hydrogen) atoms. The molecule has 0 heterocycles. The van der Waals surface area contributed by atoms with Gasteiger partial charge in [0.2, 0.25) is 0 Å². The van der Waals surface area contributed by atoms with Crippen molar-refractivity contribution >= 4 is 21.5 Å². The standard InChI is InChI=1S/C23H23NO4S/c1-16-5-3-8-22(17(16)2)19-7-4-6-18(13-19)14-24-20-9-11-21(12-10-20)29(27,28)15-23(25)26/h3-13,24H,14-15H2,1-2H3,(H,25,26). The van der Waals surface area contributed by atoms with Gasteiger partial charge in [0.15, 0.2) is 15.6 Å². The lowest BCUT2D eigenvalue weighted by Gasteiger charge is -2.12. The predicted octanol–water partition coefficient (Wildman–Crippen LogP) is 4.44. The first-order valence-corrected chi connectivity index (χ1v) is 10.9. The summed E-state index contributed by atoms with van der Waals surface area (Å²) >= 11 is 0. The summed E-state index contributed by atoms with van der Waals surface area (Å²) in [6.45, 7) is 4.81. The van der Waals surface area contributed by atoms with Gasteiger partial charge in [-0.15, -0.1) is 0 Å². The molecule has 0 aliphatic heterocycles. The number of nitrogens with one attached hydrogen (secondary N) is 1. The summed E-state index contributed by atoms with van der Waals surface area (Å²) in [4.78, 5) is 10.7. The fourth-order valence-corrected chi connectivity index (χ4v) is 4.19. The molecule has 0 radical (unpaired) electrons. The Balaban J connectivity index is 1.72. The third-order valence-corrected chi connectivity index (χ3v) is 6.48. The van der Waals surface area contributed by atoms with Crippen molar-refractivity contribution in [2.45, 2.75) is 25.3 Å². The van der Waals surface area contributed by atoms with E-state index in [0.717, 1.165) is 16.8 Å². The molecule has 6 heteroatoms. The van der Waals surface area contributed by atoms with Crippen LogP contribution in [-0.2, 0) is 21.2 Å². The molecular formula is C23H23NO4S. The Morgan fingerprint density at radius 2 is 1.66 bits per heavy atom. The van der Waals surface area contributed by atoms with Gasteiger partial charge in [-0.1, -0.05) is 36.4 Å². The zero-order valence-corrected chi connectivity index (χ0v) is 17.2. The molecule has 0 unspecified atom stereocenters. The van der Waals surface area contributed by atoms with E-state index in [0.29, 0.717) is 6.54 Å². The molecule has 0 atom stereocenters. The number of aryl methyl sites for hydroxylation is 1. The quantitative estimate of drug-likeness (QED) is 0.603. The lowest BCUT2D eigenvalue weighted by Crippen LogP contribution is -2.15. The Morgan fingerprint density at radius 3 is 2.34 bits per heavy atom. The SMILES string of the molecule is Cc1cccc(-c2cccc(CNc3ccc(S(=O)(=O)CC(=O)O)cc3)c2)c1C.